The van der Waals surface area contributed by atoms with Gasteiger partial charge in [-0.1, -0.05) is 35.5 Å². The number of halogens is 1. The van der Waals surface area contributed by atoms with Crippen LogP contribution < -0.4 is 15.8 Å². The molecule has 0 saturated carbocycles. The minimum atomic E-state index is -3.66. The number of piperidine rings is 1. The number of rotatable bonds is 7. The Kier molecular flexibility index (Phi) is 7.60. The van der Waals surface area contributed by atoms with Crippen molar-refractivity contribution >= 4 is 50.6 Å². The summed E-state index contributed by atoms with van der Waals surface area (Å²) in [5.74, 6) is 0.747. The molecule has 3 N–H and O–H groups in total. The van der Waals surface area contributed by atoms with Crippen molar-refractivity contribution < 1.29 is 17.9 Å². The van der Waals surface area contributed by atoms with Crippen molar-refractivity contribution in [3.05, 3.63) is 88.7 Å². The summed E-state index contributed by atoms with van der Waals surface area (Å²) in [6.07, 6.45) is 4.24. The number of sulfonamides is 1. The van der Waals surface area contributed by atoms with Crippen molar-refractivity contribution in [3.63, 3.8) is 0 Å². The van der Waals surface area contributed by atoms with Crippen LogP contribution in [0.5, 0.6) is 5.75 Å². The zero-order chi connectivity index (χ0) is 28.6. The van der Waals surface area contributed by atoms with E-state index < -0.39 is 16.1 Å². The van der Waals surface area contributed by atoms with Gasteiger partial charge in [-0.3, -0.25) is 4.99 Å². The Labute approximate surface area is 246 Å². The van der Waals surface area contributed by atoms with Gasteiger partial charge in [0.2, 0.25) is 16.0 Å². The number of aliphatic imine (C=N–C) groups is 1. The maximum Gasteiger partial charge on any atom is 0.409 e. The number of nitrogens with zero attached hydrogens (tertiary/aromatic N) is 5. The first-order valence-corrected chi connectivity index (χ1v) is 15.6. The molecule has 0 bridgehead atoms. The van der Waals surface area contributed by atoms with Crippen molar-refractivity contribution in [2.24, 2.45) is 10.7 Å². The zero-order valence-electron chi connectivity index (χ0n) is 21.6. The maximum absolute atomic E-state index is 13.2. The Hall–Kier alpha value is -3.65. The molecule has 4 heterocycles. The number of hydrogen-bond donors (Lipinski definition) is 2. The summed E-state index contributed by atoms with van der Waals surface area (Å²) in [5, 5.41) is 6.64. The second kappa shape index (κ2) is 11.3. The van der Waals surface area contributed by atoms with E-state index in [1.807, 2.05) is 23.7 Å². The molecule has 11 nitrogen and oxygen atoms in total. The van der Waals surface area contributed by atoms with Gasteiger partial charge in [0.05, 0.1) is 10.6 Å². The third kappa shape index (κ3) is 5.75. The summed E-state index contributed by atoms with van der Waals surface area (Å²) in [6, 6.07) is 14.4. The second-order valence-corrected chi connectivity index (χ2v) is 13.0. The van der Waals surface area contributed by atoms with Crippen LogP contribution in [0.25, 0.3) is 0 Å². The number of carbonyl (C=O) groups is 1. The SMILES string of the molecule is NC(=O)Oc1cccc(C2N=C3SC=CN3C2c2ccnc(N[C@@H]3CCCN(S(=O)(=O)c4ccc(Cl)cc4)C3)n2)c1. The van der Waals surface area contributed by atoms with Crippen LogP contribution in [0.1, 0.15) is 36.2 Å². The highest BCUT2D eigenvalue weighted by Crippen LogP contribution is 2.46. The molecule has 1 fully saturated rings. The molecule has 3 atom stereocenters. The van der Waals surface area contributed by atoms with Crippen LogP contribution in [0.2, 0.25) is 5.02 Å². The standard InChI is InChI=1S/C27H26ClN7O4S2/c28-18-6-8-21(9-7-18)41(37,38)34-12-2-4-19(16-34)31-26-30-11-10-22(32-26)24-23(33-27-35(24)13-14-40-27)17-3-1-5-20(15-17)39-25(29)36/h1,3,5-11,13-15,19,23-24H,2,4,12,16H2,(H2,29,36)(H,30,31,32)/t19-,23?,24?/m1/s1. The van der Waals surface area contributed by atoms with Crippen molar-refractivity contribution in [2.75, 3.05) is 18.4 Å². The fourth-order valence-corrected chi connectivity index (χ4v) is 7.63. The number of benzene rings is 2. The molecule has 0 aliphatic carbocycles. The Morgan fingerprint density at radius 1 is 1.17 bits per heavy atom. The van der Waals surface area contributed by atoms with E-state index >= 15 is 0 Å². The lowest BCUT2D eigenvalue weighted by atomic mass is 9.97. The fourth-order valence-electron chi connectivity index (χ4n) is 5.19. The van der Waals surface area contributed by atoms with E-state index in [2.05, 4.69) is 15.2 Å². The molecule has 0 radical (unpaired) electrons. The zero-order valence-corrected chi connectivity index (χ0v) is 24.0. The van der Waals surface area contributed by atoms with E-state index in [0.29, 0.717) is 29.7 Å². The van der Waals surface area contributed by atoms with E-state index in [-0.39, 0.29) is 29.6 Å². The van der Waals surface area contributed by atoms with Gasteiger partial charge in [-0.2, -0.15) is 4.31 Å². The van der Waals surface area contributed by atoms with Gasteiger partial charge in [-0.25, -0.2) is 23.2 Å². The third-order valence-electron chi connectivity index (χ3n) is 7.03. The van der Waals surface area contributed by atoms with Gasteiger partial charge < -0.3 is 20.7 Å². The summed E-state index contributed by atoms with van der Waals surface area (Å²) < 4.78 is 33.1. The predicted molar refractivity (Wildman–Crippen MR) is 157 cm³/mol. The second-order valence-electron chi connectivity index (χ2n) is 9.71. The van der Waals surface area contributed by atoms with Crippen LogP contribution >= 0.6 is 23.4 Å². The average molecular weight is 612 g/mol. The van der Waals surface area contributed by atoms with E-state index in [1.54, 1.807) is 36.5 Å². The summed E-state index contributed by atoms with van der Waals surface area (Å²) in [5.41, 5.74) is 6.79. The molecule has 14 heteroatoms. The molecule has 1 aromatic heterocycles. The van der Waals surface area contributed by atoms with Crippen LogP contribution in [-0.4, -0.2) is 58.0 Å². The van der Waals surface area contributed by atoms with Gasteiger partial charge in [-0.15, -0.1) is 0 Å². The number of anilines is 1. The average Bonchev–Trinajstić information content (AvgIpc) is 3.55. The van der Waals surface area contributed by atoms with Crippen LogP contribution in [0.4, 0.5) is 10.7 Å². The summed E-state index contributed by atoms with van der Waals surface area (Å²) in [6.45, 7) is 0.724. The number of fused-ring (bicyclic) bond motifs is 1. The molecule has 1 amide bonds. The lowest BCUT2D eigenvalue weighted by molar-refractivity contribution is 0.211. The number of hydrogen-bond acceptors (Lipinski definition) is 10. The summed E-state index contributed by atoms with van der Waals surface area (Å²) in [7, 11) is -3.66. The highest BCUT2D eigenvalue weighted by molar-refractivity contribution is 8.16. The quantitative estimate of drug-likeness (QED) is 0.394. The van der Waals surface area contributed by atoms with Gasteiger partial charge in [-0.05, 0) is 66.3 Å². The number of amides is 1. The van der Waals surface area contributed by atoms with Crippen LogP contribution in [0.3, 0.4) is 0 Å². The summed E-state index contributed by atoms with van der Waals surface area (Å²) in [4.78, 5) is 27.8. The van der Waals surface area contributed by atoms with Crippen LogP contribution in [-0.2, 0) is 10.0 Å². The number of amidine groups is 1. The van der Waals surface area contributed by atoms with Crippen molar-refractivity contribution in [1.29, 1.82) is 0 Å². The number of aromatic nitrogens is 2. The van der Waals surface area contributed by atoms with Crippen LogP contribution in [0.15, 0.2) is 82.3 Å². The van der Waals surface area contributed by atoms with Gasteiger partial charge in [0.15, 0.2) is 5.17 Å². The monoisotopic (exact) mass is 611 g/mol. The van der Waals surface area contributed by atoms with Gasteiger partial charge >= 0.3 is 6.09 Å². The molecule has 2 aromatic carbocycles. The predicted octanol–water partition coefficient (Wildman–Crippen LogP) is 4.52. The first kappa shape index (κ1) is 27.5. The first-order valence-electron chi connectivity index (χ1n) is 12.9. The fraction of sp³-hybridized carbons (Fsp3) is 0.259. The van der Waals surface area contributed by atoms with Gasteiger partial charge in [0.1, 0.15) is 17.8 Å². The number of carbonyl (C=O) groups excluding carboxylic acids is 1. The largest absolute Gasteiger partial charge is 0.410 e. The summed E-state index contributed by atoms with van der Waals surface area (Å²) >= 11 is 7.47. The molecule has 3 aromatic rings. The molecule has 6 rings (SSSR count). The minimum Gasteiger partial charge on any atom is -0.410 e. The van der Waals surface area contributed by atoms with Crippen molar-refractivity contribution in [3.8, 4) is 5.75 Å². The molecule has 212 valence electrons. The van der Waals surface area contributed by atoms with Crippen LogP contribution in [0, 0.1) is 0 Å². The molecule has 0 spiro atoms. The number of nitrogens with one attached hydrogen (secondary N) is 1. The van der Waals surface area contributed by atoms with Crippen molar-refractivity contribution in [1.82, 2.24) is 19.2 Å². The van der Waals surface area contributed by atoms with Gasteiger partial charge in [0, 0.05) is 36.6 Å². The first-order chi connectivity index (χ1) is 19.8. The number of primary amides is 1. The topological polar surface area (TPSA) is 143 Å². The molecule has 1 saturated heterocycles. The Morgan fingerprint density at radius 3 is 2.80 bits per heavy atom. The third-order valence-corrected chi connectivity index (χ3v) is 9.95. The Balaban J connectivity index is 1.22. The van der Waals surface area contributed by atoms with E-state index in [0.717, 1.165) is 22.8 Å². The molecule has 3 aliphatic rings. The smallest absolute Gasteiger partial charge is 0.409 e. The highest BCUT2D eigenvalue weighted by Gasteiger charge is 2.40. The lowest BCUT2D eigenvalue weighted by Gasteiger charge is -2.32. The van der Waals surface area contributed by atoms with E-state index in [1.165, 1.54) is 28.2 Å². The van der Waals surface area contributed by atoms with E-state index in [4.69, 9.17) is 32.0 Å². The highest BCUT2D eigenvalue weighted by atomic mass is 35.5. The van der Waals surface area contributed by atoms with E-state index in [9.17, 15) is 13.2 Å². The number of thioether (sulfide) groups is 1. The number of ether oxygens (including phenoxy) is 1. The molecule has 3 aliphatic heterocycles. The van der Waals surface area contributed by atoms with Gasteiger partial charge in [0.25, 0.3) is 0 Å². The number of nitrogens with two attached hydrogens (primary N) is 1. The minimum absolute atomic E-state index is 0.169. The maximum atomic E-state index is 13.2. The molecule has 41 heavy (non-hydrogen) atoms. The normalized spacial score (nSPS) is 22.3. The lowest BCUT2D eigenvalue weighted by Crippen LogP contribution is -2.45. The Bertz CT molecular complexity index is 1630. The molecular formula is C27H26ClN7O4S2. The molecule has 2 unspecified atom stereocenters. The molecular weight excluding hydrogens is 586 g/mol. The van der Waals surface area contributed by atoms with Crippen molar-refractivity contribution in [2.45, 2.75) is 35.9 Å². The Morgan fingerprint density at radius 2 is 2.00 bits per heavy atom.